The van der Waals surface area contributed by atoms with E-state index < -0.39 is 54.7 Å². The number of rotatable bonds is 15. The fourth-order valence-electron chi connectivity index (χ4n) is 7.11. The van der Waals surface area contributed by atoms with E-state index in [2.05, 4.69) is 59.4 Å². The summed E-state index contributed by atoms with van der Waals surface area (Å²) in [5.74, 6) is -1.69. The van der Waals surface area contributed by atoms with Crippen LogP contribution in [-0.2, 0) is 32.0 Å². The Morgan fingerprint density at radius 2 is 1.54 bits per heavy atom. The Hall–Kier alpha value is -6.76. The van der Waals surface area contributed by atoms with Gasteiger partial charge in [0.25, 0.3) is 5.91 Å². The summed E-state index contributed by atoms with van der Waals surface area (Å²) >= 11 is 0. The molecule has 2 unspecified atom stereocenters. The van der Waals surface area contributed by atoms with Crippen molar-refractivity contribution in [3.8, 4) is 39.8 Å². The first-order valence-corrected chi connectivity index (χ1v) is 20.2. The fraction of sp³-hybridized carbons (Fsp3) is 0.348. The van der Waals surface area contributed by atoms with E-state index >= 15 is 0 Å². The number of likely N-dealkylation sites (N-methyl/N-ethyl adjacent to an activating group) is 1. The molecule has 61 heavy (non-hydrogen) atoms. The summed E-state index contributed by atoms with van der Waals surface area (Å²) in [7, 11) is 1.43. The van der Waals surface area contributed by atoms with Crippen molar-refractivity contribution in [2.45, 2.75) is 45.7 Å². The predicted molar refractivity (Wildman–Crippen MR) is 231 cm³/mol. The van der Waals surface area contributed by atoms with Gasteiger partial charge >= 0.3 is 0 Å². The van der Waals surface area contributed by atoms with Gasteiger partial charge in [-0.2, -0.15) is 5.26 Å². The molecule has 1 aliphatic rings. The maximum absolute atomic E-state index is 14.1. The van der Waals surface area contributed by atoms with E-state index in [4.69, 9.17) is 26.2 Å². The van der Waals surface area contributed by atoms with Crippen LogP contribution in [0.15, 0.2) is 78.9 Å². The third-order valence-electron chi connectivity index (χ3n) is 10.1. The Balaban J connectivity index is 1.46. The Labute approximate surface area is 356 Å². The number of benzene rings is 4. The molecule has 1 aliphatic heterocycles. The molecule has 15 heteroatoms. The highest BCUT2D eigenvalue weighted by Gasteiger charge is 2.32. The number of nitriles is 1. The fourth-order valence-corrected chi connectivity index (χ4v) is 7.11. The second-order valence-electron chi connectivity index (χ2n) is 15.2. The van der Waals surface area contributed by atoms with Crippen LogP contribution < -0.4 is 42.2 Å². The van der Waals surface area contributed by atoms with E-state index in [0.29, 0.717) is 45.2 Å². The molecule has 0 saturated carbocycles. The van der Waals surface area contributed by atoms with E-state index in [9.17, 15) is 24.0 Å². The number of hydrogen-bond donors (Lipinski definition) is 6. The molecule has 15 nitrogen and oxygen atoms in total. The molecule has 5 amide bonds. The summed E-state index contributed by atoms with van der Waals surface area (Å²) in [6, 6.07) is 23.5. The lowest BCUT2D eigenvalue weighted by atomic mass is 9.93. The number of ether oxygens (including phenoxy) is 2. The Bertz CT molecular complexity index is 2270. The van der Waals surface area contributed by atoms with Gasteiger partial charge in [0, 0.05) is 43.2 Å². The van der Waals surface area contributed by atoms with Crippen LogP contribution in [0.2, 0.25) is 0 Å². The van der Waals surface area contributed by atoms with Gasteiger partial charge in [-0.15, -0.1) is 0 Å². The Morgan fingerprint density at radius 3 is 2.18 bits per heavy atom. The van der Waals surface area contributed by atoms with E-state index in [1.807, 2.05) is 25.1 Å². The van der Waals surface area contributed by atoms with Crippen LogP contribution >= 0.6 is 0 Å². The maximum atomic E-state index is 14.1. The summed E-state index contributed by atoms with van der Waals surface area (Å²) in [5.41, 5.74) is 17.9. The Kier molecular flexibility index (Phi) is 16.0. The van der Waals surface area contributed by atoms with E-state index in [0.717, 1.165) is 23.1 Å². The molecular formula is C46H54N8O7. The van der Waals surface area contributed by atoms with Crippen molar-refractivity contribution in [2.75, 3.05) is 53.0 Å². The first kappa shape index (κ1) is 45.3. The second-order valence-corrected chi connectivity index (χ2v) is 15.2. The number of amides is 5. The van der Waals surface area contributed by atoms with Crippen molar-refractivity contribution >= 4 is 29.5 Å². The zero-order valence-corrected chi connectivity index (χ0v) is 35.0. The highest BCUT2D eigenvalue weighted by atomic mass is 16.5. The summed E-state index contributed by atoms with van der Waals surface area (Å²) in [6.45, 7) is 5.69. The topological polar surface area (TPSA) is 231 Å². The van der Waals surface area contributed by atoms with Crippen LogP contribution in [-0.4, -0.2) is 93.5 Å². The van der Waals surface area contributed by atoms with Crippen LogP contribution in [0.25, 0.3) is 22.3 Å². The molecule has 0 fully saturated rings. The van der Waals surface area contributed by atoms with Crippen molar-refractivity contribution in [3.05, 3.63) is 107 Å². The number of nitrogens with two attached hydrogens (primary N) is 2. The van der Waals surface area contributed by atoms with Crippen LogP contribution in [0.4, 0.5) is 0 Å². The van der Waals surface area contributed by atoms with Gasteiger partial charge in [-0.25, -0.2) is 0 Å². The van der Waals surface area contributed by atoms with Crippen molar-refractivity contribution in [3.63, 3.8) is 0 Å². The van der Waals surface area contributed by atoms with Crippen molar-refractivity contribution < 1.29 is 33.4 Å². The smallest absolute Gasteiger partial charge is 0.251 e. The van der Waals surface area contributed by atoms with Gasteiger partial charge in [-0.3, -0.25) is 24.0 Å². The normalized spacial score (nSPS) is 15.0. The minimum absolute atomic E-state index is 0.0292. The van der Waals surface area contributed by atoms with Gasteiger partial charge in [0.15, 0.2) is 0 Å². The van der Waals surface area contributed by atoms with Crippen LogP contribution in [0.3, 0.4) is 0 Å². The van der Waals surface area contributed by atoms with Crippen molar-refractivity contribution in [1.29, 1.82) is 5.26 Å². The standard InChI is InChI=1S/C46H54N8O7/c1-28(2)21-30-5-8-32(9-6-30)33-10-12-35(29(3)22-33)44(57)52-27-42(56)54(4)43-34-11-14-40(61-20-17-49)37(25-34)36-23-31(7-13-39(36)60-19-16-48)24-38(45(58)50-18-15-47)53-41(55)26-51-46(43)59/h5-14,22-23,25,28,38,43H,16-21,24,26-27,48-49H2,1-4H3,(H,50,58)(H,51,59)(H,52,57)(H,53,55). The lowest BCUT2D eigenvalue weighted by Crippen LogP contribution is -2.52. The van der Waals surface area contributed by atoms with Gasteiger partial charge in [0.2, 0.25) is 23.6 Å². The molecule has 2 atom stereocenters. The van der Waals surface area contributed by atoms with Crippen LogP contribution in [0.5, 0.6) is 11.5 Å². The molecule has 320 valence electrons. The minimum atomic E-state index is -1.30. The molecule has 5 rings (SSSR count). The van der Waals surface area contributed by atoms with Crippen LogP contribution in [0.1, 0.15) is 52.5 Å². The number of nitrogens with zero attached hydrogens (tertiary/aromatic N) is 2. The summed E-state index contributed by atoms with van der Waals surface area (Å²) in [4.78, 5) is 69.1. The number of carbonyl (C=O) groups is 5. The quantitative estimate of drug-likeness (QED) is 0.0960. The summed E-state index contributed by atoms with van der Waals surface area (Å²) < 4.78 is 12.1. The third-order valence-corrected chi connectivity index (χ3v) is 10.1. The monoisotopic (exact) mass is 830 g/mol. The molecule has 0 saturated heterocycles. The van der Waals surface area contributed by atoms with E-state index in [-0.39, 0.29) is 39.3 Å². The predicted octanol–water partition coefficient (Wildman–Crippen LogP) is 2.93. The molecule has 0 aromatic heterocycles. The average molecular weight is 831 g/mol. The molecule has 8 N–H and O–H groups in total. The highest BCUT2D eigenvalue weighted by Crippen LogP contribution is 2.40. The maximum Gasteiger partial charge on any atom is 0.251 e. The lowest BCUT2D eigenvalue weighted by Gasteiger charge is -2.29. The number of nitrogens with one attached hydrogen (secondary N) is 4. The molecule has 0 spiro atoms. The number of fused-ring (bicyclic) bond motifs is 5. The summed E-state index contributed by atoms with van der Waals surface area (Å²) in [5, 5.41) is 19.5. The number of hydrogen-bond acceptors (Lipinski definition) is 10. The van der Waals surface area contributed by atoms with E-state index in [1.54, 1.807) is 42.5 Å². The third kappa shape index (κ3) is 11.9. The molecule has 4 bridgehead atoms. The molecule has 1 heterocycles. The molecule has 4 aromatic carbocycles. The molecule has 4 aromatic rings. The Morgan fingerprint density at radius 1 is 0.885 bits per heavy atom. The van der Waals surface area contributed by atoms with Crippen molar-refractivity contribution in [1.82, 2.24) is 26.2 Å². The lowest BCUT2D eigenvalue weighted by molar-refractivity contribution is -0.139. The SMILES string of the molecule is Cc1cc(-c2ccc(CC(C)C)cc2)ccc1C(=O)NCC(=O)N(C)C1C(=O)NCC(=O)NC(C(=O)NCC#N)Cc2ccc(OCCN)c(c2)-c2cc1ccc2OCCN. The first-order valence-electron chi connectivity index (χ1n) is 20.2. The number of aryl methyl sites for hydroxylation is 1. The largest absolute Gasteiger partial charge is 0.492 e. The second kappa shape index (κ2) is 21.5. The first-order chi connectivity index (χ1) is 29.3. The van der Waals surface area contributed by atoms with Crippen LogP contribution in [0, 0.1) is 24.2 Å². The molecule has 0 radical (unpaired) electrons. The van der Waals surface area contributed by atoms with Gasteiger partial charge in [-0.1, -0.05) is 62.4 Å². The minimum Gasteiger partial charge on any atom is -0.492 e. The zero-order chi connectivity index (χ0) is 44.1. The average Bonchev–Trinajstić information content (AvgIpc) is 3.25. The summed E-state index contributed by atoms with van der Waals surface area (Å²) in [6.07, 6.45) is 1.02. The van der Waals surface area contributed by atoms with E-state index in [1.165, 1.54) is 17.5 Å². The molecule has 0 aliphatic carbocycles. The molecular weight excluding hydrogens is 777 g/mol. The zero-order valence-electron chi connectivity index (χ0n) is 35.0. The van der Waals surface area contributed by atoms with Gasteiger partial charge in [-0.05, 0) is 83.0 Å². The van der Waals surface area contributed by atoms with Gasteiger partial charge < -0.3 is 47.1 Å². The number of carbonyl (C=O) groups excluding carboxylic acids is 5. The van der Waals surface area contributed by atoms with Crippen molar-refractivity contribution in [2.24, 2.45) is 17.4 Å². The van der Waals surface area contributed by atoms with Gasteiger partial charge in [0.1, 0.15) is 43.3 Å². The van der Waals surface area contributed by atoms with Gasteiger partial charge in [0.05, 0.1) is 19.2 Å². The highest BCUT2D eigenvalue weighted by molar-refractivity contribution is 5.99.